The van der Waals surface area contributed by atoms with Crippen LogP contribution < -0.4 is 5.32 Å². The molecule has 1 aromatic heterocycles. The molecular weight excluding hydrogens is 392 g/mol. The number of aromatic nitrogens is 1. The third-order valence-corrected chi connectivity index (χ3v) is 6.43. The van der Waals surface area contributed by atoms with E-state index in [1.807, 2.05) is 17.0 Å². The first-order valence-corrected chi connectivity index (χ1v) is 10.6. The van der Waals surface area contributed by atoms with E-state index in [9.17, 15) is 14.7 Å². The fourth-order valence-electron chi connectivity index (χ4n) is 4.55. The van der Waals surface area contributed by atoms with E-state index in [4.69, 9.17) is 11.6 Å². The van der Waals surface area contributed by atoms with Crippen molar-refractivity contribution in [2.45, 2.75) is 44.4 Å². The molecule has 1 saturated carbocycles. The number of fused-ring (bicyclic) bond motifs is 1. The molecule has 0 bridgehead atoms. The number of nitrogens with zero attached hydrogens (tertiary/aromatic N) is 2. The number of rotatable bonds is 3. The number of halogens is 1. The number of H-pyrrole nitrogens is 1. The lowest BCUT2D eigenvalue weighted by atomic mass is 9.86. The summed E-state index contributed by atoms with van der Waals surface area (Å²) in [5.74, 6) is -0.123. The molecule has 7 nitrogen and oxygen atoms in total. The Balaban J connectivity index is 1.40. The van der Waals surface area contributed by atoms with Crippen molar-refractivity contribution in [3.63, 3.8) is 0 Å². The second kappa shape index (κ2) is 8.34. The molecule has 2 fully saturated rings. The van der Waals surface area contributed by atoms with Crippen molar-refractivity contribution < 1.29 is 14.7 Å². The Morgan fingerprint density at radius 3 is 2.66 bits per heavy atom. The van der Waals surface area contributed by atoms with Gasteiger partial charge in [0, 0.05) is 55.1 Å². The van der Waals surface area contributed by atoms with Gasteiger partial charge in [-0.25, -0.2) is 0 Å². The number of hydrogen-bond donors (Lipinski definition) is 3. The zero-order valence-electron chi connectivity index (χ0n) is 16.5. The molecule has 2 amide bonds. The standard InChI is InChI=1S/C21H27ClN4O3/c1-13(27)25-7-9-26(10-8-25)19-4-2-3-17(20(19)28)24-21(29)18-12-14-11-15(22)5-6-16(14)23-18/h5-6,11-12,17,19-20,23,28H,2-4,7-10H2,1H3,(H,24,29)/t17-,19-,20-/m1/s1. The van der Waals surface area contributed by atoms with Gasteiger partial charge in [-0.05, 0) is 43.5 Å². The van der Waals surface area contributed by atoms with E-state index < -0.39 is 6.10 Å². The molecule has 1 aliphatic carbocycles. The minimum absolute atomic E-state index is 0.00433. The zero-order chi connectivity index (χ0) is 20.5. The summed E-state index contributed by atoms with van der Waals surface area (Å²) in [5.41, 5.74) is 1.32. The number of aliphatic hydroxyl groups is 1. The molecule has 3 atom stereocenters. The summed E-state index contributed by atoms with van der Waals surface area (Å²) in [6, 6.07) is 6.94. The van der Waals surface area contributed by atoms with Crippen LogP contribution >= 0.6 is 11.6 Å². The Labute approximate surface area is 175 Å². The van der Waals surface area contributed by atoms with Gasteiger partial charge in [-0.1, -0.05) is 11.6 Å². The Kier molecular flexibility index (Phi) is 5.81. The molecule has 0 unspecified atom stereocenters. The van der Waals surface area contributed by atoms with Crippen LogP contribution in [0.2, 0.25) is 5.02 Å². The van der Waals surface area contributed by atoms with Gasteiger partial charge in [0.15, 0.2) is 0 Å². The summed E-state index contributed by atoms with van der Waals surface area (Å²) in [5, 5.41) is 15.5. The molecule has 2 aromatic rings. The number of piperazine rings is 1. The number of benzene rings is 1. The first-order chi connectivity index (χ1) is 13.9. The number of aromatic amines is 1. The van der Waals surface area contributed by atoms with E-state index in [0.29, 0.717) is 23.8 Å². The van der Waals surface area contributed by atoms with Crippen LogP contribution in [0.4, 0.5) is 0 Å². The van der Waals surface area contributed by atoms with Gasteiger partial charge in [0.2, 0.25) is 5.91 Å². The Hall–Kier alpha value is -2.09. The Bertz CT molecular complexity index is 906. The third kappa shape index (κ3) is 4.27. The van der Waals surface area contributed by atoms with Crippen molar-refractivity contribution in [1.82, 2.24) is 20.1 Å². The summed E-state index contributed by atoms with van der Waals surface area (Å²) in [4.78, 5) is 31.5. The van der Waals surface area contributed by atoms with Gasteiger partial charge in [-0.2, -0.15) is 0 Å². The van der Waals surface area contributed by atoms with Gasteiger partial charge in [-0.15, -0.1) is 0 Å². The van der Waals surface area contributed by atoms with Gasteiger partial charge in [-0.3, -0.25) is 14.5 Å². The van der Waals surface area contributed by atoms with Gasteiger partial charge in [0.25, 0.3) is 5.91 Å². The molecule has 8 heteroatoms. The molecule has 1 aliphatic heterocycles. The molecule has 156 valence electrons. The van der Waals surface area contributed by atoms with Crippen LogP contribution in [0.5, 0.6) is 0 Å². The maximum atomic E-state index is 12.8. The highest BCUT2D eigenvalue weighted by molar-refractivity contribution is 6.31. The molecule has 2 aliphatic rings. The fraction of sp³-hybridized carbons (Fsp3) is 0.524. The topological polar surface area (TPSA) is 88.7 Å². The van der Waals surface area contributed by atoms with Crippen LogP contribution in [-0.2, 0) is 4.79 Å². The summed E-state index contributed by atoms with van der Waals surface area (Å²) in [7, 11) is 0. The van der Waals surface area contributed by atoms with E-state index in [1.165, 1.54) is 0 Å². The number of carbonyl (C=O) groups is 2. The molecule has 1 saturated heterocycles. The van der Waals surface area contributed by atoms with E-state index in [1.54, 1.807) is 19.1 Å². The number of nitrogens with one attached hydrogen (secondary N) is 2. The van der Waals surface area contributed by atoms with E-state index in [2.05, 4.69) is 15.2 Å². The molecule has 1 aromatic carbocycles. The van der Waals surface area contributed by atoms with Gasteiger partial charge in [0.1, 0.15) is 5.69 Å². The van der Waals surface area contributed by atoms with E-state index in [0.717, 1.165) is 43.3 Å². The van der Waals surface area contributed by atoms with Crippen LogP contribution in [0.25, 0.3) is 10.9 Å². The van der Waals surface area contributed by atoms with Gasteiger partial charge < -0.3 is 20.3 Å². The van der Waals surface area contributed by atoms with Crippen molar-refractivity contribution in [3.8, 4) is 0 Å². The van der Waals surface area contributed by atoms with Crippen LogP contribution in [0.1, 0.15) is 36.7 Å². The summed E-state index contributed by atoms with van der Waals surface area (Å²) < 4.78 is 0. The maximum absolute atomic E-state index is 12.8. The lowest BCUT2D eigenvalue weighted by molar-refractivity contribution is -0.131. The van der Waals surface area contributed by atoms with Gasteiger partial charge in [0.05, 0.1) is 12.1 Å². The average molecular weight is 419 g/mol. The van der Waals surface area contributed by atoms with Crippen molar-refractivity contribution in [1.29, 1.82) is 0 Å². The average Bonchev–Trinajstić information content (AvgIpc) is 3.13. The minimum Gasteiger partial charge on any atom is -0.389 e. The van der Waals surface area contributed by atoms with Crippen molar-refractivity contribution in [3.05, 3.63) is 35.0 Å². The number of amides is 2. The fourth-order valence-corrected chi connectivity index (χ4v) is 4.73. The number of aliphatic hydroxyl groups excluding tert-OH is 1. The Morgan fingerprint density at radius 2 is 1.93 bits per heavy atom. The van der Waals surface area contributed by atoms with E-state index in [-0.39, 0.29) is 23.9 Å². The van der Waals surface area contributed by atoms with Crippen LogP contribution in [-0.4, -0.2) is 76.1 Å². The summed E-state index contributed by atoms with van der Waals surface area (Å²) in [6.07, 6.45) is 1.97. The zero-order valence-corrected chi connectivity index (χ0v) is 17.3. The first kappa shape index (κ1) is 20.2. The van der Waals surface area contributed by atoms with Crippen molar-refractivity contribution >= 4 is 34.3 Å². The predicted molar refractivity (Wildman–Crippen MR) is 112 cm³/mol. The molecule has 3 N–H and O–H groups in total. The van der Waals surface area contributed by atoms with Crippen LogP contribution in [0.3, 0.4) is 0 Å². The van der Waals surface area contributed by atoms with Crippen molar-refractivity contribution in [2.75, 3.05) is 26.2 Å². The predicted octanol–water partition coefficient (Wildman–Crippen LogP) is 2.00. The normalized spacial score (nSPS) is 25.9. The smallest absolute Gasteiger partial charge is 0.268 e. The SMILES string of the molecule is CC(=O)N1CCN([C@@H]2CCC[C@@H](NC(=O)c3cc4cc(Cl)ccc4[nH]3)[C@H]2O)CC1. The highest BCUT2D eigenvalue weighted by Gasteiger charge is 2.37. The van der Waals surface area contributed by atoms with Crippen LogP contribution in [0.15, 0.2) is 24.3 Å². The second-order valence-corrected chi connectivity index (χ2v) is 8.46. The second-order valence-electron chi connectivity index (χ2n) is 8.03. The third-order valence-electron chi connectivity index (χ3n) is 6.19. The minimum atomic E-state index is -0.629. The quantitative estimate of drug-likeness (QED) is 0.711. The lowest BCUT2D eigenvalue weighted by Gasteiger charge is -2.45. The van der Waals surface area contributed by atoms with Crippen molar-refractivity contribution in [2.24, 2.45) is 0 Å². The molecule has 0 radical (unpaired) electrons. The number of carbonyl (C=O) groups excluding carboxylic acids is 2. The van der Waals surface area contributed by atoms with Gasteiger partial charge >= 0.3 is 0 Å². The maximum Gasteiger partial charge on any atom is 0.268 e. The van der Waals surface area contributed by atoms with Crippen LogP contribution in [0, 0.1) is 0 Å². The largest absolute Gasteiger partial charge is 0.389 e. The molecule has 29 heavy (non-hydrogen) atoms. The Morgan fingerprint density at radius 1 is 1.17 bits per heavy atom. The summed E-state index contributed by atoms with van der Waals surface area (Å²) in [6.45, 7) is 4.48. The molecule has 2 heterocycles. The summed E-state index contributed by atoms with van der Waals surface area (Å²) >= 11 is 6.02. The molecule has 0 spiro atoms. The monoisotopic (exact) mass is 418 g/mol. The molecular formula is C21H27ClN4O3. The first-order valence-electron chi connectivity index (χ1n) is 10.2. The highest BCUT2D eigenvalue weighted by atomic mass is 35.5. The number of hydrogen-bond acceptors (Lipinski definition) is 4. The highest BCUT2D eigenvalue weighted by Crippen LogP contribution is 2.26. The lowest BCUT2D eigenvalue weighted by Crippen LogP contribution is -2.60. The molecule has 4 rings (SSSR count). The van der Waals surface area contributed by atoms with E-state index >= 15 is 0 Å².